The van der Waals surface area contributed by atoms with Gasteiger partial charge in [-0.25, -0.2) is 4.98 Å². The first kappa shape index (κ1) is 18.7. The first-order valence-electron chi connectivity index (χ1n) is 10.3. The van der Waals surface area contributed by atoms with Gasteiger partial charge in [-0.2, -0.15) is 4.52 Å². The summed E-state index contributed by atoms with van der Waals surface area (Å²) in [4.78, 5) is 35.7. The Labute approximate surface area is 174 Å². The Hall–Kier alpha value is -3.29. The maximum Gasteiger partial charge on any atom is 0.274 e. The molecule has 1 saturated carbocycles. The van der Waals surface area contributed by atoms with Gasteiger partial charge in [-0.15, -0.1) is 5.10 Å². The second kappa shape index (κ2) is 6.90. The lowest BCUT2D eigenvalue weighted by atomic mass is 9.70. The van der Waals surface area contributed by atoms with E-state index in [0.29, 0.717) is 12.2 Å². The van der Waals surface area contributed by atoms with Crippen LogP contribution >= 0.6 is 0 Å². The van der Waals surface area contributed by atoms with Gasteiger partial charge in [0.25, 0.3) is 5.56 Å². The summed E-state index contributed by atoms with van der Waals surface area (Å²) in [5.41, 5.74) is 3.89. The van der Waals surface area contributed by atoms with Gasteiger partial charge >= 0.3 is 0 Å². The summed E-state index contributed by atoms with van der Waals surface area (Å²) in [5.74, 6) is 0.835. The van der Waals surface area contributed by atoms with Crippen molar-refractivity contribution < 1.29 is 4.79 Å². The number of carbonyl (C=O) groups excluding carboxylic acids is 1. The van der Waals surface area contributed by atoms with Crippen LogP contribution in [-0.2, 0) is 17.8 Å². The van der Waals surface area contributed by atoms with Gasteiger partial charge in [0, 0.05) is 42.9 Å². The number of anilines is 2. The fraction of sp³-hybridized carbons (Fsp3) is 0.409. The zero-order valence-electron chi connectivity index (χ0n) is 17.2. The van der Waals surface area contributed by atoms with E-state index in [2.05, 4.69) is 25.3 Å². The van der Waals surface area contributed by atoms with Crippen molar-refractivity contribution >= 4 is 23.1 Å². The van der Waals surface area contributed by atoms with Crippen LogP contribution in [0.3, 0.4) is 0 Å². The molecule has 154 valence electrons. The van der Waals surface area contributed by atoms with Crippen molar-refractivity contribution in [1.82, 2.24) is 19.6 Å². The number of aromatic nitrogens is 4. The van der Waals surface area contributed by atoms with Gasteiger partial charge in [-0.05, 0) is 43.0 Å². The van der Waals surface area contributed by atoms with Crippen molar-refractivity contribution in [2.24, 2.45) is 5.41 Å². The van der Waals surface area contributed by atoms with Gasteiger partial charge in [-0.1, -0.05) is 13.3 Å². The largest absolute Gasteiger partial charge is 0.350 e. The van der Waals surface area contributed by atoms with Crippen LogP contribution in [0, 0.1) is 12.3 Å². The molecule has 8 heteroatoms. The molecule has 4 heterocycles. The second-order valence-corrected chi connectivity index (χ2v) is 8.57. The van der Waals surface area contributed by atoms with Gasteiger partial charge in [0.1, 0.15) is 0 Å². The Morgan fingerprint density at radius 1 is 1.23 bits per heavy atom. The normalized spacial score (nSPS) is 17.3. The zero-order valence-corrected chi connectivity index (χ0v) is 17.2. The van der Waals surface area contributed by atoms with E-state index in [0.717, 1.165) is 60.6 Å². The zero-order chi connectivity index (χ0) is 20.9. The van der Waals surface area contributed by atoms with Crippen LogP contribution in [-0.4, -0.2) is 32.0 Å². The number of nitrogens with one attached hydrogen (secondary N) is 1. The highest BCUT2D eigenvalue weighted by Gasteiger charge is 2.39. The van der Waals surface area contributed by atoms with Crippen LogP contribution in [0.5, 0.6) is 0 Å². The molecule has 8 nitrogen and oxygen atoms in total. The highest BCUT2D eigenvalue weighted by atomic mass is 16.2. The minimum absolute atomic E-state index is 0.0714. The number of carbonyl (C=O) groups is 1. The molecule has 0 aromatic carbocycles. The van der Waals surface area contributed by atoms with Gasteiger partial charge in [-0.3, -0.25) is 14.6 Å². The maximum absolute atomic E-state index is 12.6. The summed E-state index contributed by atoms with van der Waals surface area (Å²) in [6, 6.07) is 5.30. The lowest BCUT2D eigenvalue weighted by Gasteiger charge is -2.36. The molecule has 1 fully saturated rings. The third kappa shape index (κ3) is 3.12. The highest BCUT2D eigenvalue weighted by molar-refractivity contribution is 5.95. The minimum Gasteiger partial charge on any atom is -0.350 e. The predicted molar refractivity (Wildman–Crippen MR) is 114 cm³/mol. The van der Waals surface area contributed by atoms with Crippen molar-refractivity contribution in [2.75, 3.05) is 16.8 Å². The number of fused-ring (bicyclic) bond motifs is 2. The summed E-state index contributed by atoms with van der Waals surface area (Å²) < 4.78 is 1.34. The lowest BCUT2D eigenvalue weighted by Crippen LogP contribution is -2.39. The van der Waals surface area contributed by atoms with E-state index in [-0.39, 0.29) is 16.9 Å². The molecule has 1 amide bonds. The molecule has 1 aliphatic carbocycles. The molecule has 0 unspecified atom stereocenters. The van der Waals surface area contributed by atoms with Crippen LogP contribution in [0.1, 0.15) is 43.0 Å². The third-order valence-electron chi connectivity index (χ3n) is 6.35. The van der Waals surface area contributed by atoms with Gasteiger partial charge in [0.05, 0.1) is 11.9 Å². The number of hydrogen-bond donors (Lipinski definition) is 1. The highest BCUT2D eigenvalue weighted by Crippen LogP contribution is 2.41. The smallest absolute Gasteiger partial charge is 0.274 e. The topological polar surface area (TPSA) is 92.5 Å². The third-order valence-corrected chi connectivity index (χ3v) is 6.35. The van der Waals surface area contributed by atoms with E-state index in [1.54, 1.807) is 6.20 Å². The molecule has 0 atom stereocenters. The van der Waals surface area contributed by atoms with Crippen LogP contribution in [0.25, 0.3) is 5.65 Å². The molecule has 3 aromatic heterocycles. The predicted octanol–water partition coefficient (Wildman–Crippen LogP) is 2.48. The minimum atomic E-state index is -0.255. The van der Waals surface area contributed by atoms with Gasteiger partial charge < -0.3 is 10.2 Å². The number of nitrogens with zero attached hydrogens (tertiary/aromatic N) is 5. The fourth-order valence-electron chi connectivity index (χ4n) is 4.25. The molecular weight excluding hydrogens is 380 g/mol. The van der Waals surface area contributed by atoms with Gasteiger partial charge in [0.15, 0.2) is 11.5 Å². The SMILES string of the molecule is Cc1cc2nccc(=O)n2nc1N1CCc2ncc(NC(=O)C3(C)CCC3)cc2C1. The van der Waals surface area contributed by atoms with E-state index in [1.807, 2.05) is 26.0 Å². The van der Waals surface area contributed by atoms with E-state index in [4.69, 9.17) is 0 Å². The molecule has 1 aliphatic heterocycles. The Morgan fingerprint density at radius 2 is 2.07 bits per heavy atom. The Bertz CT molecular complexity index is 1210. The molecule has 0 saturated heterocycles. The maximum atomic E-state index is 12.6. The molecule has 1 N–H and O–H groups in total. The summed E-state index contributed by atoms with van der Waals surface area (Å²) in [7, 11) is 0. The molecule has 30 heavy (non-hydrogen) atoms. The average Bonchev–Trinajstić information content (AvgIpc) is 2.71. The molecule has 0 spiro atoms. The van der Waals surface area contributed by atoms with Gasteiger partial charge in [0.2, 0.25) is 5.91 Å². The van der Waals surface area contributed by atoms with Crippen molar-refractivity contribution in [1.29, 1.82) is 0 Å². The van der Waals surface area contributed by atoms with E-state index in [1.165, 1.54) is 16.8 Å². The molecule has 5 rings (SSSR count). The quantitative estimate of drug-likeness (QED) is 0.721. The Morgan fingerprint density at radius 3 is 2.83 bits per heavy atom. The van der Waals surface area contributed by atoms with Crippen LogP contribution in [0.2, 0.25) is 0 Å². The van der Waals surface area contributed by atoms with Crippen molar-refractivity contribution in [2.45, 2.75) is 46.1 Å². The van der Waals surface area contributed by atoms with E-state index >= 15 is 0 Å². The molecule has 2 aliphatic rings. The van der Waals surface area contributed by atoms with Crippen molar-refractivity contribution in [3.8, 4) is 0 Å². The molecule has 0 radical (unpaired) electrons. The number of pyridine rings is 1. The number of hydrogen-bond acceptors (Lipinski definition) is 6. The number of rotatable bonds is 3. The molecule has 0 bridgehead atoms. The van der Waals surface area contributed by atoms with Crippen molar-refractivity contribution in [3.63, 3.8) is 0 Å². The summed E-state index contributed by atoms with van der Waals surface area (Å²) >= 11 is 0. The van der Waals surface area contributed by atoms with E-state index < -0.39 is 0 Å². The second-order valence-electron chi connectivity index (χ2n) is 8.57. The van der Waals surface area contributed by atoms with E-state index in [9.17, 15) is 9.59 Å². The number of amides is 1. The van der Waals surface area contributed by atoms with Crippen LogP contribution in [0.15, 0.2) is 35.4 Å². The average molecular weight is 404 g/mol. The number of aryl methyl sites for hydroxylation is 1. The lowest BCUT2D eigenvalue weighted by molar-refractivity contribution is -0.128. The fourth-order valence-corrected chi connectivity index (χ4v) is 4.25. The standard InChI is InChI=1S/C22H24N6O2/c1-14-10-18-23-8-4-19(29)28(18)26-20(14)27-9-5-17-15(13-27)11-16(12-24-17)25-21(30)22(2)6-3-7-22/h4,8,10-12H,3,5-7,9,13H2,1-2H3,(H,25,30). The Balaban J connectivity index is 1.42. The summed E-state index contributed by atoms with van der Waals surface area (Å²) in [5, 5.41) is 7.61. The monoisotopic (exact) mass is 404 g/mol. The summed E-state index contributed by atoms with van der Waals surface area (Å²) in [6.45, 7) is 5.38. The van der Waals surface area contributed by atoms with Crippen molar-refractivity contribution in [3.05, 3.63) is 57.8 Å². The summed E-state index contributed by atoms with van der Waals surface area (Å²) in [6.07, 6.45) is 7.01. The first-order chi connectivity index (χ1) is 14.4. The molecular formula is C22H24N6O2. The molecule has 3 aromatic rings. The first-order valence-corrected chi connectivity index (χ1v) is 10.3. The van der Waals surface area contributed by atoms with Crippen LogP contribution in [0.4, 0.5) is 11.5 Å². The van der Waals surface area contributed by atoms with Crippen LogP contribution < -0.4 is 15.8 Å². The Kier molecular flexibility index (Phi) is 4.30.